The maximum atomic E-state index is 12.3. The molecule has 1 aliphatic rings. The number of rotatable bonds is 5. The van der Waals surface area contributed by atoms with E-state index in [4.69, 9.17) is 5.26 Å². The molecule has 1 aromatic rings. The second-order valence-corrected chi connectivity index (χ2v) is 4.71. The minimum Gasteiger partial charge on any atom is -0.406 e. The summed E-state index contributed by atoms with van der Waals surface area (Å²) in [7, 11) is 0. The van der Waals surface area contributed by atoms with Crippen LogP contribution in [-0.2, 0) is 0 Å². The summed E-state index contributed by atoms with van der Waals surface area (Å²) in [5, 5.41) is 8.60. The Morgan fingerprint density at radius 3 is 2.43 bits per heavy atom. The van der Waals surface area contributed by atoms with Gasteiger partial charge in [-0.05, 0) is 37.1 Å². The summed E-state index contributed by atoms with van der Waals surface area (Å²) < 4.78 is 39.9. The normalized spacial score (nSPS) is 14.4. The lowest BCUT2D eigenvalue weighted by Crippen LogP contribution is -2.33. The van der Waals surface area contributed by atoms with Gasteiger partial charge in [-0.15, -0.1) is 13.2 Å². The van der Waals surface area contributed by atoms with E-state index in [-0.39, 0.29) is 29.7 Å². The van der Waals surface area contributed by atoms with E-state index in [0.717, 1.165) is 25.0 Å². The van der Waals surface area contributed by atoms with E-state index in [1.54, 1.807) is 4.90 Å². The van der Waals surface area contributed by atoms with Gasteiger partial charge in [0.2, 0.25) is 0 Å². The first-order valence-corrected chi connectivity index (χ1v) is 6.44. The van der Waals surface area contributed by atoms with Crippen molar-refractivity contribution < 1.29 is 22.7 Å². The molecular formula is C14H13F3N2O2. The number of carbonyl (C=O) groups is 1. The fraction of sp³-hybridized carbons (Fsp3) is 0.429. The van der Waals surface area contributed by atoms with Gasteiger partial charge in [-0.25, -0.2) is 0 Å². The van der Waals surface area contributed by atoms with Gasteiger partial charge in [-0.1, -0.05) is 0 Å². The predicted molar refractivity (Wildman–Crippen MR) is 67.4 cm³/mol. The number of benzene rings is 1. The Hall–Kier alpha value is -2.23. The lowest BCUT2D eigenvalue weighted by Gasteiger charge is -2.21. The number of ether oxygens (including phenoxy) is 1. The third-order valence-electron chi connectivity index (χ3n) is 3.05. The predicted octanol–water partition coefficient (Wildman–Crippen LogP) is 3.10. The van der Waals surface area contributed by atoms with Crippen molar-refractivity contribution in [1.29, 1.82) is 5.26 Å². The molecule has 0 spiro atoms. The van der Waals surface area contributed by atoms with Crippen molar-refractivity contribution >= 4 is 5.91 Å². The molecule has 0 unspecified atom stereocenters. The Labute approximate surface area is 119 Å². The second-order valence-electron chi connectivity index (χ2n) is 4.71. The summed E-state index contributed by atoms with van der Waals surface area (Å²) in [6.07, 6.45) is -2.73. The molecule has 1 amide bonds. The van der Waals surface area contributed by atoms with Crippen LogP contribution >= 0.6 is 0 Å². The van der Waals surface area contributed by atoms with Gasteiger partial charge in [0.15, 0.2) is 0 Å². The highest BCUT2D eigenvalue weighted by molar-refractivity contribution is 5.94. The Morgan fingerprint density at radius 2 is 1.95 bits per heavy atom. The summed E-state index contributed by atoms with van der Waals surface area (Å²) >= 11 is 0. The van der Waals surface area contributed by atoms with E-state index >= 15 is 0 Å². The monoisotopic (exact) mass is 298 g/mol. The fourth-order valence-corrected chi connectivity index (χ4v) is 1.97. The molecule has 0 heterocycles. The van der Waals surface area contributed by atoms with E-state index in [1.807, 2.05) is 6.07 Å². The zero-order valence-corrected chi connectivity index (χ0v) is 11.1. The van der Waals surface area contributed by atoms with Crippen LogP contribution < -0.4 is 4.74 Å². The quantitative estimate of drug-likeness (QED) is 0.839. The average molecular weight is 298 g/mol. The molecule has 1 fully saturated rings. The molecule has 0 N–H and O–H groups in total. The molecule has 0 aliphatic heterocycles. The van der Waals surface area contributed by atoms with Crippen molar-refractivity contribution in [2.45, 2.75) is 31.7 Å². The van der Waals surface area contributed by atoms with Gasteiger partial charge in [0.25, 0.3) is 5.91 Å². The second kappa shape index (κ2) is 6.04. The fourth-order valence-electron chi connectivity index (χ4n) is 1.97. The average Bonchev–Trinajstić information content (AvgIpc) is 3.22. The van der Waals surface area contributed by atoms with Crippen LogP contribution in [0.4, 0.5) is 13.2 Å². The highest BCUT2D eigenvalue weighted by Gasteiger charge is 2.33. The minimum absolute atomic E-state index is 0.136. The van der Waals surface area contributed by atoms with Crippen molar-refractivity contribution in [3.05, 3.63) is 29.8 Å². The standard InChI is InChI=1S/C14H13F3N2O2/c15-14(16,17)21-12-6-2-10(3-7-12)13(20)19(9-1-8-18)11-4-5-11/h2-3,6-7,11H,1,4-5,9H2. The third-order valence-corrected chi connectivity index (χ3v) is 3.05. The molecule has 112 valence electrons. The van der Waals surface area contributed by atoms with Crippen LogP contribution in [0.5, 0.6) is 5.75 Å². The first-order chi connectivity index (χ1) is 9.90. The number of hydrogen-bond donors (Lipinski definition) is 0. The van der Waals surface area contributed by atoms with Gasteiger partial charge >= 0.3 is 6.36 Å². The molecule has 0 saturated heterocycles. The van der Waals surface area contributed by atoms with E-state index in [1.165, 1.54) is 12.1 Å². The van der Waals surface area contributed by atoms with Gasteiger partial charge < -0.3 is 9.64 Å². The first-order valence-electron chi connectivity index (χ1n) is 6.44. The number of carbonyl (C=O) groups excluding carboxylic acids is 1. The van der Waals surface area contributed by atoms with Crippen LogP contribution in [-0.4, -0.2) is 29.8 Å². The summed E-state index contributed by atoms with van der Waals surface area (Å²) in [6.45, 7) is 0.334. The molecule has 0 aromatic heterocycles. The molecule has 0 radical (unpaired) electrons. The van der Waals surface area contributed by atoms with Crippen LogP contribution in [0, 0.1) is 11.3 Å². The highest BCUT2D eigenvalue weighted by atomic mass is 19.4. The van der Waals surface area contributed by atoms with Crippen molar-refractivity contribution in [2.75, 3.05) is 6.54 Å². The zero-order chi connectivity index (χ0) is 15.5. The Bertz CT molecular complexity index is 545. The van der Waals surface area contributed by atoms with Crippen molar-refractivity contribution in [2.24, 2.45) is 0 Å². The number of nitrogens with zero attached hydrogens (tertiary/aromatic N) is 2. The SMILES string of the molecule is N#CCCN(C(=O)c1ccc(OC(F)(F)F)cc1)C1CC1. The molecule has 1 saturated carbocycles. The van der Waals surface area contributed by atoms with Gasteiger partial charge in [-0.2, -0.15) is 5.26 Å². The molecule has 4 nitrogen and oxygen atoms in total. The highest BCUT2D eigenvalue weighted by Crippen LogP contribution is 2.29. The topological polar surface area (TPSA) is 53.3 Å². The molecule has 2 rings (SSSR count). The Kier molecular flexibility index (Phi) is 4.36. The number of hydrogen-bond acceptors (Lipinski definition) is 3. The minimum atomic E-state index is -4.75. The van der Waals surface area contributed by atoms with Crippen molar-refractivity contribution in [1.82, 2.24) is 4.90 Å². The molecule has 0 atom stereocenters. The zero-order valence-electron chi connectivity index (χ0n) is 11.1. The van der Waals surface area contributed by atoms with Crippen LogP contribution in [0.3, 0.4) is 0 Å². The molecule has 21 heavy (non-hydrogen) atoms. The van der Waals surface area contributed by atoms with Gasteiger partial charge in [-0.3, -0.25) is 4.79 Å². The largest absolute Gasteiger partial charge is 0.573 e. The summed E-state index contributed by atoms with van der Waals surface area (Å²) in [6, 6.07) is 6.93. The van der Waals surface area contributed by atoms with E-state index < -0.39 is 6.36 Å². The van der Waals surface area contributed by atoms with Crippen LogP contribution in [0.2, 0.25) is 0 Å². The van der Waals surface area contributed by atoms with Crippen molar-refractivity contribution in [3.8, 4) is 11.8 Å². The maximum Gasteiger partial charge on any atom is 0.573 e. The smallest absolute Gasteiger partial charge is 0.406 e. The first kappa shape index (κ1) is 15.2. The molecule has 1 aromatic carbocycles. The Morgan fingerprint density at radius 1 is 1.33 bits per heavy atom. The summed E-state index contributed by atoms with van der Waals surface area (Å²) in [4.78, 5) is 13.9. The molecular weight excluding hydrogens is 285 g/mol. The number of alkyl halides is 3. The Balaban J connectivity index is 2.06. The molecule has 7 heteroatoms. The third kappa shape index (κ3) is 4.38. The number of amides is 1. The number of halogens is 3. The molecule has 1 aliphatic carbocycles. The van der Waals surface area contributed by atoms with Crippen LogP contribution in [0.25, 0.3) is 0 Å². The van der Waals surface area contributed by atoms with Crippen LogP contribution in [0.1, 0.15) is 29.6 Å². The lowest BCUT2D eigenvalue weighted by atomic mass is 10.2. The van der Waals surface area contributed by atoms with Gasteiger partial charge in [0.1, 0.15) is 5.75 Å². The van der Waals surface area contributed by atoms with E-state index in [9.17, 15) is 18.0 Å². The van der Waals surface area contributed by atoms with Gasteiger partial charge in [0.05, 0.1) is 12.5 Å². The summed E-state index contributed by atoms with van der Waals surface area (Å²) in [5.74, 6) is -0.639. The van der Waals surface area contributed by atoms with E-state index in [0.29, 0.717) is 6.54 Å². The lowest BCUT2D eigenvalue weighted by molar-refractivity contribution is -0.274. The number of nitriles is 1. The summed E-state index contributed by atoms with van der Waals surface area (Å²) in [5.41, 5.74) is 0.286. The van der Waals surface area contributed by atoms with E-state index in [2.05, 4.69) is 4.74 Å². The maximum absolute atomic E-state index is 12.3. The van der Waals surface area contributed by atoms with Crippen LogP contribution in [0.15, 0.2) is 24.3 Å². The van der Waals surface area contributed by atoms with Gasteiger partial charge in [0, 0.05) is 18.2 Å². The van der Waals surface area contributed by atoms with Crippen molar-refractivity contribution in [3.63, 3.8) is 0 Å². The molecule has 0 bridgehead atoms.